The number of aromatic amines is 1. The molecule has 1 aliphatic rings. The molecule has 0 aromatic carbocycles. The van der Waals surface area contributed by atoms with Gasteiger partial charge in [0, 0.05) is 19.8 Å². The van der Waals surface area contributed by atoms with E-state index in [1.54, 1.807) is 15.8 Å². The quantitative estimate of drug-likeness (QED) is 0.903. The van der Waals surface area contributed by atoms with Crippen LogP contribution in [0.15, 0.2) is 12.3 Å². The Bertz CT molecular complexity index is 732. The number of likely N-dealkylation sites (tertiary alicyclic amines) is 1. The van der Waals surface area contributed by atoms with Crippen molar-refractivity contribution in [1.29, 1.82) is 0 Å². The molecule has 1 amide bonds. The van der Waals surface area contributed by atoms with Crippen LogP contribution in [0.2, 0.25) is 0 Å². The lowest BCUT2D eigenvalue weighted by Crippen LogP contribution is -2.36. The number of nitrogens with one attached hydrogen (secondary N) is 1. The zero-order chi connectivity index (χ0) is 18.0. The van der Waals surface area contributed by atoms with Crippen LogP contribution < -0.4 is 0 Å². The second-order valence-corrected chi connectivity index (χ2v) is 7.11. The number of hydrogen-bond acceptors (Lipinski definition) is 6. The van der Waals surface area contributed by atoms with Crippen LogP contribution in [-0.2, 0) is 23.1 Å². The van der Waals surface area contributed by atoms with Gasteiger partial charge in [0.15, 0.2) is 0 Å². The monoisotopic (exact) mass is 348 g/mol. The molecule has 9 heteroatoms. The predicted molar refractivity (Wildman–Crippen MR) is 89.6 cm³/mol. The number of ether oxygens (including phenoxy) is 2. The van der Waals surface area contributed by atoms with Gasteiger partial charge in [0.2, 0.25) is 0 Å². The number of aromatic nitrogens is 5. The van der Waals surface area contributed by atoms with Gasteiger partial charge in [-0.3, -0.25) is 4.68 Å². The molecule has 25 heavy (non-hydrogen) atoms. The van der Waals surface area contributed by atoms with Crippen molar-refractivity contribution in [2.45, 2.75) is 45.5 Å². The van der Waals surface area contributed by atoms with Gasteiger partial charge in [-0.1, -0.05) is 0 Å². The fourth-order valence-corrected chi connectivity index (χ4v) is 2.72. The second-order valence-electron chi connectivity index (χ2n) is 7.11. The van der Waals surface area contributed by atoms with E-state index in [9.17, 15) is 4.79 Å². The highest BCUT2D eigenvalue weighted by Crippen LogP contribution is 2.22. The van der Waals surface area contributed by atoms with Crippen LogP contribution in [0, 0.1) is 0 Å². The molecule has 1 atom stereocenters. The molecule has 2 aromatic heterocycles. The number of amides is 1. The summed E-state index contributed by atoms with van der Waals surface area (Å²) in [6.07, 6.45) is 2.15. The van der Waals surface area contributed by atoms with Crippen LogP contribution in [0.5, 0.6) is 0 Å². The van der Waals surface area contributed by atoms with Crippen molar-refractivity contribution in [3.05, 3.63) is 18.0 Å². The van der Waals surface area contributed by atoms with Crippen molar-refractivity contribution in [1.82, 2.24) is 30.1 Å². The second kappa shape index (κ2) is 6.83. The molecule has 0 radical (unpaired) electrons. The van der Waals surface area contributed by atoms with Gasteiger partial charge in [0.1, 0.15) is 17.0 Å². The minimum atomic E-state index is -0.491. The van der Waals surface area contributed by atoms with Gasteiger partial charge >= 0.3 is 6.09 Å². The highest BCUT2D eigenvalue weighted by Gasteiger charge is 2.30. The molecule has 9 nitrogen and oxygen atoms in total. The molecule has 1 fully saturated rings. The lowest BCUT2D eigenvalue weighted by Gasteiger charge is -2.24. The largest absolute Gasteiger partial charge is 0.444 e. The van der Waals surface area contributed by atoms with E-state index in [1.165, 1.54) is 0 Å². The van der Waals surface area contributed by atoms with Crippen molar-refractivity contribution < 1.29 is 14.3 Å². The lowest BCUT2D eigenvalue weighted by atomic mass is 10.2. The number of hydrogen-bond donors (Lipinski definition) is 1. The fraction of sp³-hybridized carbons (Fsp3) is 0.625. The number of rotatable bonds is 4. The van der Waals surface area contributed by atoms with Crippen molar-refractivity contribution in [3.63, 3.8) is 0 Å². The first kappa shape index (κ1) is 17.4. The molecule has 0 aliphatic carbocycles. The van der Waals surface area contributed by atoms with Crippen LogP contribution in [0.3, 0.4) is 0 Å². The first-order chi connectivity index (χ1) is 11.8. The van der Waals surface area contributed by atoms with Gasteiger partial charge in [0.25, 0.3) is 0 Å². The van der Waals surface area contributed by atoms with Gasteiger partial charge < -0.3 is 14.4 Å². The Morgan fingerprint density at radius 1 is 1.40 bits per heavy atom. The summed E-state index contributed by atoms with van der Waals surface area (Å²) in [7, 11) is 1.85. The molecule has 136 valence electrons. The molecule has 0 bridgehead atoms. The highest BCUT2D eigenvalue weighted by molar-refractivity contribution is 5.68. The molecular formula is C16H24N6O3. The third-order valence-electron chi connectivity index (χ3n) is 3.94. The molecule has 1 saturated heterocycles. The Balaban J connectivity index is 1.55. The van der Waals surface area contributed by atoms with Gasteiger partial charge in [-0.2, -0.15) is 20.5 Å². The number of carbonyl (C=O) groups excluding carboxylic acids is 1. The third-order valence-corrected chi connectivity index (χ3v) is 3.94. The van der Waals surface area contributed by atoms with Crippen molar-refractivity contribution in [2.24, 2.45) is 7.05 Å². The molecule has 1 N–H and O–H groups in total. The Morgan fingerprint density at radius 2 is 2.20 bits per heavy atom. The summed E-state index contributed by atoms with van der Waals surface area (Å²) in [4.78, 5) is 13.8. The minimum absolute atomic E-state index is 0.0383. The van der Waals surface area contributed by atoms with Gasteiger partial charge in [-0.05, 0) is 33.3 Å². The molecule has 1 aliphatic heterocycles. The Hall–Kier alpha value is -2.42. The van der Waals surface area contributed by atoms with E-state index >= 15 is 0 Å². The van der Waals surface area contributed by atoms with Crippen LogP contribution in [0.1, 0.15) is 32.9 Å². The van der Waals surface area contributed by atoms with E-state index in [0.29, 0.717) is 19.7 Å². The lowest BCUT2D eigenvalue weighted by molar-refractivity contribution is 0.0180. The van der Waals surface area contributed by atoms with E-state index in [1.807, 2.05) is 33.9 Å². The highest BCUT2D eigenvalue weighted by atomic mass is 16.6. The van der Waals surface area contributed by atoms with Crippen LogP contribution in [0.25, 0.3) is 11.4 Å². The number of H-pyrrole nitrogens is 1. The van der Waals surface area contributed by atoms with Crippen molar-refractivity contribution in [2.75, 3.05) is 13.1 Å². The molecule has 2 aromatic rings. The average Bonchev–Trinajstić information content (AvgIpc) is 3.23. The van der Waals surface area contributed by atoms with Gasteiger partial charge in [-0.25, -0.2) is 4.79 Å². The average molecular weight is 348 g/mol. The molecule has 3 rings (SSSR count). The molecular weight excluding hydrogens is 324 g/mol. The summed E-state index contributed by atoms with van der Waals surface area (Å²) in [5, 5.41) is 15.1. The van der Waals surface area contributed by atoms with E-state index in [4.69, 9.17) is 9.47 Å². The standard InChI is InChI=1S/C16H24N6O3/c1-16(2,3)25-15(23)22-8-6-11(9-22)24-10-12-14(19-20-18-12)13-5-7-17-21(13)4/h5,7,11H,6,8-10H2,1-4H3,(H,18,19,20)/t11-/m0/s1. The Labute approximate surface area is 146 Å². The SMILES string of the molecule is Cn1nccc1-c1n[nH]nc1CO[C@H]1CCN(C(=O)OC(C)(C)C)C1. The zero-order valence-electron chi connectivity index (χ0n) is 15.0. The molecule has 0 spiro atoms. The first-order valence-electron chi connectivity index (χ1n) is 8.31. The van der Waals surface area contributed by atoms with E-state index < -0.39 is 5.60 Å². The summed E-state index contributed by atoms with van der Waals surface area (Å²) in [6, 6.07) is 1.88. The normalized spacial score (nSPS) is 17.9. The topological polar surface area (TPSA) is 98.2 Å². The summed E-state index contributed by atoms with van der Waals surface area (Å²) < 4.78 is 13.1. The molecule has 3 heterocycles. The summed E-state index contributed by atoms with van der Waals surface area (Å²) in [6.45, 7) is 7.06. The maximum Gasteiger partial charge on any atom is 0.410 e. The van der Waals surface area contributed by atoms with Gasteiger partial charge in [0.05, 0.1) is 24.9 Å². The van der Waals surface area contributed by atoms with Crippen LogP contribution in [-0.4, -0.2) is 61.0 Å². The van der Waals surface area contributed by atoms with E-state index in [-0.39, 0.29) is 12.2 Å². The third kappa shape index (κ3) is 4.16. The molecule has 0 unspecified atom stereocenters. The maximum atomic E-state index is 12.1. The van der Waals surface area contributed by atoms with Crippen molar-refractivity contribution in [3.8, 4) is 11.4 Å². The Kier molecular flexibility index (Phi) is 4.76. The summed E-state index contributed by atoms with van der Waals surface area (Å²) >= 11 is 0. The maximum absolute atomic E-state index is 12.1. The number of aryl methyl sites for hydroxylation is 1. The summed E-state index contributed by atoms with van der Waals surface area (Å²) in [5.74, 6) is 0. The van der Waals surface area contributed by atoms with E-state index in [2.05, 4.69) is 20.5 Å². The fourth-order valence-electron chi connectivity index (χ4n) is 2.72. The van der Waals surface area contributed by atoms with Crippen LogP contribution in [0.4, 0.5) is 4.79 Å². The predicted octanol–water partition coefficient (Wildman–Crippen LogP) is 1.73. The number of nitrogens with zero attached hydrogens (tertiary/aromatic N) is 5. The van der Waals surface area contributed by atoms with E-state index in [0.717, 1.165) is 23.5 Å². The minimum Gasteiger partial charge on any atom is -0.444 e. The van der Waals surface area contributed by atoms with Crippen molar-refractivity contribution >= 4 is 6.09 Å². The first-order valence-corrected chi connectivity index (χ1v) is 8.31. The Morgan fingerprint density at radius 3 is 2.88 bits per heavy atom. The zero-order valence-corrected chi connectivity index (χ0v) is 15.0. The summed E-state index contributed by atoms with van der Waals surface area (Å²) in [5.41, 5.74) is 1.82. The van der Waals surface area contributed by atoms with Gasteiger partial charge in [-0.15, -0.1) is 0 Å². The number of carbonyl (C=O) groups is 1. The smallest absolute Gasteiger partial charge is 0.410 e. The molecule has 0 saturated carbocycles. The van der Waals surface area contributed by atoms with Crippen LogP contribution >= 0.6 is 0 Å².